The van der Waals surface area contributed by atoms with Crippen molar-refractivity contribution in [3.63, 3.8) is 0 Å². The molecule has 3 aromatic heterocycles. The summed E-state index contributed by atoms with van der Waals surface area (Å²) in [6.45, 7) is 2.08. The summed E-state index contributed by atoms with van der Waals surface area (Å²) in [5.74, 6) is -0.409. The molecule has 5 nitrogen and oxygen atoms in total. The second-order valence-electron chi connectivity index (χ2n) is 6.35. The predicted molar refractivity (Wildman–Crippen MR) is 112 cm³/mol. The van der Waals surface area contributed by atoms with Crippen LogP contribution in [0.5, 0.6) is 0 Å². The molecule has 1 aromatic carbocycles. The van der Waals surface area contributed by atoms with Crippen molar-refractivity contribution in [2.45, 2.75) is 6.92 Å². The van der Waals surface area contributed by atoms with Crippen LogP contribution in [0, 0.1) is 0 Å². The van der Waals surface area contributed by atoms with Gasteiger partial charge < -0.3 is 4.74 Å². The van der Waals surface area contributed by atoms with Gasteiger partial charge in [-0.15, -0.1) is 0 Å². The Morgan fingerprint density at radius 1 is 0.828 bits per heavy atom. The highest BCUT2D eigenvalue weighted by molar-refractivity contribution is 5.99. The first-order chi connectivity index (χ1) is 14.3. The van der Waals surface area contributed by atoms with Gasteiger partial charge in [-0.3, -0.25) is 9.97 Å². The molecule has 4 aromatic rings. The highest BCUT2D eigenvalue weighted by Gasteiger charge is 2.21. The average molecular weight is 381 g/mol. The van der Waals surface area contributed by atoms with Crippen molar-refractivity contribution in [2.24, 2.45) is 0 Å². The van der Waals surface area contributed by atoms with Crippen LogP contribution in [0.2, 0.25) is 0 Å². The van der Waals surface area contributed by atoms with Crippen LogP contribution in [0.25, 0.3) is 33.6 Å². The molecule has 0 aliphatic heterocycles. The van der Waals surface area contributed by atoms with E-state index >= 15 is 0 Å². The van der Waals surface area contributed by atoms with E-state index in [-0.39, 0.29) is 6.61 Å². The van der Waals surface area contributed by atoms with E-state index in [2.05, 4.69) is 9.97 Å². The minimum Gasteiger partial charge on any atom is -0.462 e. The largest absolute Gasteiger partial charge is 0.462 e. The van der Waals surface area contributed by atoms with Crippen molar-refractivity contribution in [3.8, 4) is 33.6 Å². The Bertz CT molecular complexity index is 1110. The first-order valence-corrected chi connectivity index (χ1v) is 9.36. The smallest absolute Gasteiger partial charge is 0.340 e. The van der Waals surface area contributed by atoms with Gasteiger partial charge in [0.25, 0.3) is 0 Å². The summed E-state index contributed by atoms with van der Waals surface area (Å²) in [6.07, 6.45) is 6.88. The van der Waals surface area contributed by atoms with Gasteiger partial charge in [0.15, 0.2) is 0 Å². The van der Waals surface area contributed by atoms with E-state index in [4.69, 9.17) is 9.72 Å². The number of esters is 1. The van der Waals surface area contributed by atoms with E-state index in [0.717, 1.165) is 27.9 Å². The Hall–Kier alpha value is -3.86. The molecule has 0 saturated carbocycles. The maximum Gasteiger partial charge on any atom is 0.340 e. The summed E-state index contributed by atoms with van der Waals surface area (Å²) in [5.41, 5.74) is 5.11. The number of ether oxygens (including phenoxy) is 1. The molecule has 0 fully saturated rings. The number of carbonyl (C=O) groups is 1. The molecular formula is C24H19N3O2. The summed E-state index contributed by atoms with van der Waals surface area (Å²) in [7, 11) is 0. The zero-order valence-corrected chi connectivity index (χ0v) is 15.9. The molecule has 29 heavy (non-hydrogen) atoms. The molecule has 0 unspecified atom stereocenters. The Balaban J connectivity index is 2.02. The van der Waals surface area contributed by atoms with E-state index in [1.807, 2.05) is 60.7 Å². The van der Waals surface area contributed by atoms with Gasteiger partial charge in [0.2, 0.25) is 0 Å². The van der Waals surface area contributed by atoms with E-state index in [9.17, 15) is 4.79 Å². The maximum atomic E-state index is 12.8. The number of nitrogens with zero attached hydrogens (tertiary/aromatic N) is 3. The number of carbonyl (C=O) groups excluding carboxylic acids is 1. The van der Waals surface area contributed by atoms with Gasteiger partial charge in [-0.05, 0) is 42.8 Å². The Kier molecular flexibility index (Phi) is 5.38. The SMILES string of the molecule is CCOC(=O)c1cc(-c2ccccc2)c(-c2cccnc2)nc1-c1cccnc1. The van der Waals surface area contributed by atoms with Crippen LogP contribution in [0.1, 0.15) is 17.3 Å². The lowest BCUT2D eigenvalue weighted by atomic mass is 9.95. The highest BCUT2D eigenvalue weighted by atomic mass is 16.5. The molecule has 0 amide bonds. The second kappa shape index (κ2) is 8.44. The number of benzene rings is 1. The lowest BCUT2D eigenvalue weighted by Crippen LogP contribution is -2.09. The molecule has 0 saturated heterocycles. The van der Waals surface area contributed by atoms with Crippen molar-refractivity contribution in [3.05, 3.63) is 91.0 Å². The quantitative estimate of drug-likeness (QED) is 0.453. The Morgan fingerprint density at radius 3 is 2.03 bits per heavy atom. The number of rotatable bonds is 5. The predicted octanol–water partition coefficient (Wildman–Crippen LogP) is 5.05. The van der Waals surface area contributed by atoms with E-state index in [0.29, 0.717) is 11.3 Å². The third-order valence-electron chi connectivity index (χ3n) is 4.47. The molecule has 0 aliphatic carbocycles. The van der Waals surface area contributed by atoms with E-state index < -0.39 is 5.97 Å². The lowest BCUT2D eigenvalue weighted by molar-refractivity contribution is 0.0527. The lowest BCUT2D eigenvalue weighted by Gasteiger charge is -2.15. The van der Waals surface area contributed by atoms with Crippen LogP contribution in [0.15, 0.2) is 85.5 Å². The number of hydrogen-bond acceptors (Lipinski definition) is 5. The molecule has 4 rings (SSSR count). The van der Waals surface area contributed by atoms with Crippen LogP contribution in [-0.2, 0) is 4.74 Å². The minimum absolute atomic E-state index is 0.288. The fourth-order valence-electron chi connectivity index (χ4n) is 3.16. The molecule has 0 radical (unpaired) electrons. The number of hydrogen-bond donors (Lipinski definition) is 0. The van der Waals surface area contributed by atoms with Gasteiger partial charge in [-0.1, -0.05) is 30.3 Å². The van der Waals surface area contributed by atoms with Crippen molar-refractivity contribution in [1.29, 1.82) is 0 Å². The van der Waals surface area contributed by atoms with Crippen LogP contribution in [-0.4, -0.2) is 27.5 Å². The summed E-state index contributed by atoms with van der Waals surface area (Å²) in [4.78, 5) is 26.1. The molecule has 5 heteroatoms. The third kappa shape index (κ3) is 3.89. The third-order valence-corrected chi connectivity index (χ3v) is 4.47. The van der Waals surface area contributed by atoms with Gasteiger partial charge >= 0.3 is 5.97 Å². The van der Waals surface area contributed by atoms with Crippen LogP contribution >= 0.6 is 0 Å². The fourth-order valence-corrected chi connectivity index (χ4v) is 3.16. The van der Waals surface area contributed by atoms with Gasteiger partial charge in [0.05, 0.1) is 23.6 Å². The zero-order chi connectivity index (χ0) is 20.1. The molecule has 0 N–H and O–H groups in total. The molecule has 0 aliphatic rings. The van der Waals surface area contributed by atoms with E-state index in [1.165, 1.54) is 0 Å². The summed E-state index contributed by atoms with van der Waals surface area (Å²) in [5, 5.41) is 0. The molecule has 0 bridgehead atoms. The summed E-state index contributed by atoms with van der Waals surface area (Å²) in [6, 6.07) is 19.2. The van der Waals surface area contributed by atoms with Gasteiger partial charge in [-0.2, -0.15) is 0 Å². The monoisotopic (exact) mass is 381 g/mol. The number of pyridine rings is 3. The van der Waals surface area contributed by atoms with Crippen molar-refractivity contribution >= 4 is 5.97 Å². The van der Waals surface area contributed by atoms with Crippen molar-refractivity contribution in [1.82, 2.24) is 15.0 Å². The first kappa shape index (κ1) is 18.5. The number of aromatic nitrogens is 3. The normalized spacial score (nSPS) is 10.5. The average Bonchev–Trinajstić information content (AvgIpc) is 2.80. The Labute approximate surface area is 169 Å². The second-order valence-corrected chi connectivity index (χ2v) is 6.35. The zero-order valence-electron chi connectivity index (χ0n) is 15.9. The fraction of sp³-hybridized carbons (Fsp3) is 0.0833. The molecule has 3 heterocycles. The molecule has 142 valence electrons. The van der Waals surface area contributed by atoms with Crippen LogP contribution < -0.4 is 0 Å². The minimum atomic E-state index is -0.409. The van der Waals surface area contributed by atoms with E-state index in [1.54, 1.807) is 31.7 Å². The highest BCUT2D eigenvalue weighted by Crippen LogP contribution is 2.35. The molecule has 0 atom stereocenters. The van der Waals surface area contributed by atoms with Gasteiger partial charge in [0, 0.05) is 41.5 Å². The van der Waals surface area contributed by atoms with Crippen LogP contribution in [0.3, 0.4) is 0 Å². The molecular weight excluding hydrogens is 362 g/mol. The summed E-state index contributed by atoms with van der Waals surface area (Å²) >= 11 is 0. The van der Waals surface area contributed by atoms with Crippen molar-refractivity contribution < 1.29 is 9.53 Å². The van der Waals surface area contributed by atoms with Gasteiger partial charge in [0.1, 0.15) is 0 Å². The van der Waals surface area contributed by atoms with Gasteiger partial charge in [-0.25, -0.2) is 9.78 Å². The first-order valence-electron chi connectivity index (χ1n) is 9.36. The van der Waals surface area contributed by atoms with Crippen molar-refractivity contribution in [2.75, 3.05) is 6.61 Å². The molecule has 0 spiro atoms. The standard InChI is InChI=1S/C24H19N3O2/c1-2-29-24(28)21-14-20(17-8-4-3-5-9-17)22(18-10-6-12-25-15-18)27-23(21)19-11-7-13-26-16-19/h3-16H,2H2,1H3. The topological polar surface area (TPSA) is 65.0 Å². The van der Waals surface area contributed by atoms with Crippen LogP contribution in [0.4, 0.5) is 0 Å². The summed E-state index contributed by atoms with van der Waals surface area (Å²) < 4.78 is 5.31. The maximum absolute atomic E-state index is 12.8. The Morgan fingerprint density at radius 2 is 1.45 bits per heavy atom.